The van der Waals surface area contributed by atoms with Crippen LogP contribution in [0.15, 0.2) is 35.3 Å². The van der Waals surface area contributed by atoms with E-state index in [4.69, 9.17) is 4.74 Å². The molecule has 0 spiro atoms. The van der Waals surface area contributed by atoms with E-state index in [2.05, 4.69) is 34.2 Å². The first-order valence-corrected chi connectivity index (χ1v) is 9.09. The Morgan fingerprint density at radius 1 is 1.19 bits per heavy atom. The third kappa shape index (κ3) is 3.82. The van der Waals surface area contributed by atoms with Crippen molar-refractivity contribution in [3.05, 3.63) is 46.4 Å². The molecule has 2 N–H and O–H groups in total. The first-order chi connectivity index (χ1) is 12.7. The second-order valence-electron chi connectivity index (χ2n) is 8.02. The highest BCUT2D eigenvalue weighted by atomic mass is 16.5. The molecule has 1 aromatic carbocycles. The lowest BCUT2D eigenvalue weighted by Crippen LogP contribution is -2.25. The predicted octanol–water partition coefficient (Wildman–Crippen LogP) is 3.69. The Balaban J connectivity index is 2.01. The van der Waals surface area contributed by atoms with Crippen molar-refractivity contribution in [2.24, 2.45) is 5.92 Å². The molecule has 0 radical (unpaired) electrons. The normalized spacial score (nSPS) is 13.1. The van der Waals surface area contributed by atoms with Crippen LogP contribution in [0.1, 0.15) is 46.2 Å². The van der Waals surface area contributed by atoms with Gasteiger partial charge in [-0.05, 0) is 44.4 Å². The highest BCUT2D eigenvalue weighted by molar-refractivity contribution is 5.74. The Hall–Kier alpha value is -2.83. The Morgan fingerprint density at radius 2 is 1.85 bits per heavy atom. The zero-order valence-electron chi connectivity index (χ0n) is 16.7. The lowest BCUT2D eigenvalue weighted by atomic mass is 9.96. The fourth-order valence-corrected chi connectivity index (χ4v) is 3.07. The molecular formula is C20H27N5O2. The Morgan fingerprint density at radius 3 is 2.41 bits per heavy atom. The molecule has 27 heavy (non-hydrogen) atoms. The second-order valence-corrected chi connectivity index (χ2v) is 8.02. The molecule has 3 rings (SSSR count). The smallest absolute Gasteiger partial charge is 0.263 e. The summed E-state index contributed by atoms with van der Waals surface area (Å²) in [5.74, 6) is 1.53. The van der Waals surface area contributed by atoms with Gasteiger partial charge in [0.2, 0.25) is 5.95 Å². The lowest BCUT2D eigenvalue weighted by Gasteiger charge is -2.24. The summed E-state index contributed by atoms with van der Waals surface area (Å²) >= 11 is 0. The molecule has 0 saturated heterocycles. The van der Waals surface area contributed by atoms with Gasteiger partial charge in [0.25, 0.3) is 5.56 Å². The van der Waals surface area contributed by atoms with Crippen LogP contribution < -0.4 is 15.6 Å². The first kappa shape index (κ1) is 18.9. The Kier molecular flexibility index (Phi) is 4.95. The van der Waals surface area contributed by atoms with Gasteiger partial charge in [-0.25, -0.2) is 4.68 Å². The number of hydrogen-bond acceptors (Lipinski definition) is 5. The Bertz CT molecular complexity index is 980. The molecule has 7 nitrogen and oxygen atoms in total. The zero-order chi connectivity index (χ0) is 19.8. The van der Waals surface area contributed by atoms with E-state index in [1.807, 2.05) is 45.0 Å². The number of anilines is 1. The summed E-state index contributed by atoms with van der Waals surface area (Å²) in [4.78, 5) is 20.0. The van der Waals surface area contributed by atoms with Crippen molar-refractivity contribution in [3.63, 3.8) is 0 Å². The first-order valence-electron chi connectivity index (χ1n) is 9.09. The summed E-state index contributed by atoms with van der Waals surface area (Å²) < 4.78 is 7.02. The second kappa shape index (κ2) is 7.06. The SMILES string of the molecule is COc1ccc(C(Nc2nc3c(cnn3C(C)(C)C)c(=O)[nH]2)C(C)C)cc1. The van der Waals surface area contributed by atoms with Crippen LogP contribution >= 0.6 is 0 Å². The van der Waals surface area contributed by atoms with Gasteiger partial charge in [-0.2, -0.15) is 10.1 Å². The van der Waals surface area contributed by atoms with Crippen molar-refractivity contribution >= 4 is 17.0 Å². The maximum absolute atomic E-state index is 12.5. The van der Waals surface area contributed by atoms with E-state index in [9.17, 15) is 4.79 Å². The number of rotatable bonds is 5. The number of benzene rings is 1. The molecule has 0 amide bonds. The summed E-state index contributed by atoms with van der Waals surface area (Å²) in [7, 11) is 1.65. The molecule has 7 heteroatoms. The minimum Gasteiger partial charge on any atom is -0.497 e. The molecule has 1 atom stereocenters. The van der Waals surface area contributed by atoms with E-state index in [0.717, 1.165) is 11.3 Å². The summed E-state index contributed by atoms with van der Waals surface area (Å²) in [5, 5.41) is 8.22. The van der Waals surface area contributed by atoms with Crippen molar-refractivity contribution in [1.29, 1.82) is 0 Å². The van der Waals surface area contributed by atoms with Crippen LogP contribution in [-0.4, -0.2) is 26.9 Å². The topological polar surface area (TPSA) is 84.8 Å². The van der Waals surface area contributed by atoms with E-state index in [1.165, 1.54) is 0 Å². The number of nitrogens with zero attached hydrogens (tertiary/aromatic N) is 3. The molecule has 1 unspecified atom stereocenters. The van der Waals surface area contributed by atoms with Crippen LogP contribution in [0.3, 0.4) is 0 Å². The number of aromatic amines is 1. The highest BCUT2D eigenvalue weighted by Crippen LogP contribution is 2.27. The van der Waals surface area contributed by atoms with Crippen molar-refractivity contribution in [2.45, 2.75) is 46.2 Å². The fraction of sp³-hybridized carbons (Fsp3) is 0.450. The van der Waals surface area contributed by atoms with E-state index in [0.29, 0.717) is 17.0 Å². The number of ether oxygens (including phenoxy) is 1. The molecule has 144 valence electrons. The van der Waals surface area contributed by atoms with Crippen LogP contribution in [0.25, 0.3) is 11.0 Å². The van der Waals surface area contributed by atoms with Crippen LogP contribution in [0.5, 0.6) is 5.75 Å². The molecule has 0 aliphatic rings. The van der Waals surface area contributed by atoms with Gasteiger partial charge in [-0.15, -0.1) is 0 Å². The van der Waals surface area contributed by atoms with Gasteiger partial charge in [0.15, 0.2) is 5.65 Å². The van der Waals surface area contributed by atoms with Gasteiger partial charge in [0, 0.05) is 0 Å². The number of nitrogens with one attached hydrogen (secondary N) is 2. The van der Waals surface area contributed by atoms with Gasteiger partial charge in [0.1, 0.15) is 11.1 Å². The molecule has 0 aliphatic heterocycles. The average molecular weight is 369 g/mol. The maximum atomic E-state index is 12.5. The van der Waals surface area contributed by atoms with Gasteiger partial charge in [0.05, 0.1) is 24.9 Å². The van der Waals surface area contributed by atoms with Gasteiger partial charge < -0.3 is 10.1 Å². The third-order valence-electron chi connectivity index (χ3n) is 4.51. The highest BCUT2D eigenvalue weighted by Gasteiger charge is 2.22. The van der Waals surface area contributed by atoms with Crippen LogP contribution in [0, 0.1) is 5.92 Å². The molecule has 2 aromatic heterocycles. The predicted molar refractivity (Wildman–Crippen MR) is 107 cm³/mol. The van der Waals surface area contributed by atoms with Crippen molar-refractivity contribution < 1.29 is 4.74 Å². The van der Waals surface area contributed by atoms with Crippen LogP contribution in [-0.2, 0) is 5.54 Å². The third-order valence-corrected chi connectivity index (χ3v) is 4.51. The molecular weight excluding hydrogens is 342 g/mol. The quantitative estimate of drug-likeness (QED) is 0.716. The lowest BCUT2D eigenvalue weighted by molar-refractivity contribution is 0.366. The van der Waals surface area contributed by atoms with Crippen molar-refractivity contribution in [3.8, 4) is 5.75 Å². The molecule has 0 saturated carbocycles. The van der Waals surface area contributed by atoms with E-state index >= 15 is 0 Å². The molecule has 0 bridgehead atoms. The zero-order valence-corrected chi connectivity index (χ0v) is 16.7. The Labute approximate surface area is 158 Å². The monoisotopic (exact) mass is 369 g/mol. The fourth-order valence-electron chi connectivity index (χ4n) is 3.07. The number of hydrogen-bond donors (Lipinski definition) is 2. The number of fused-ring (bicyclic) bond motifs is 1. The molecule has 3 aromatic rings. The van der Waals surface area contributed by atoms with Crippen LogP contribution in [0.4, 0.5) is 5.95 Å². The van der Waals surface area contributed by atoms with Gasteiger partial charge in [-0.1, -0.05) is 26.0 Å². The largest absolute Gasteiger partial charge is 0.497 e. The number of aromatic nitrogens is 4. The van der Waals surface area contributed by atoms with Crippen LogP contribution in [0.2, 0.25) is 0 Å². The molecule has 0 aliphatic carbocycles. The van der Waals surface area contributed by atoms with E-state index in [-0.39, 0.29) is 23.1 Å². The molecule has 0 fully saturated rings. The molecule has 2 heterocycles. The van der Waals surface area contributed by atoms with Gasteiger partial charge in [-0.3, -0.25) is 9.78 Å². The minimum absolute atomic E-state index is 0.0116. The number of methoxy groups -OCH3 is 1. The van der Waals surface area contributed by atoms with Gasteiger partial charge >= 0.3 is 0 Å². The van der Waals surface area contributed by atoms with Crippen molar-refractivity contribution in [1.82, 2.24) is 19.7 Å². The summed E-state index contributed by atoms with van der Waals surface area (Å²) in [5.41, 5.74) is 1.20. The summed E-state index contributed by atoms with van der Waals surface area (Å²) in [6.45, 7) is 10.3. The summed E-state index contributed by atoms with van der Waals surface area (Å²) in [6, 6.07) is 7.89. The van der Waals surface area contributed by atoms with Crippen molar-refractivity contribution in [2.75, 3.05) is 12.4 Å². The van der Waals surface area contributed by atoms with E-state index in [1.54, 1.807) is 18.0 Å². The standard InChI is InChI=1S/C20H27N5O2/c1-12(2)16(13-7-9-14(27-6)10-8-13)22-19-23-17-15(18(26)24-19)11-21-25(17)20(3,4)5/h7-12,16H,1-6H3,(H2,22,23,24,26). The number of H-pyrrole nitrogens is 1. The maximum Gasteiger partial charge on any atom is 0.263 e. The van der Waals surface area contributed by atoms with E-state index < -0.39 is 0 Å². The summed E-state index contributed by atoms with van der Waals surface area (Å²) in [6.07, 6.45) is 1.57. The minimum atomic E-state index is -0.271. The average Bonchev–Trinajstić information content (AvgIpc) is 3.04.